The third-order valence-corrected chi connectivity index (χ3v) is 4.60. The van der Waals surface area contributed by atoms with E-state index in [1.54, 1.807) is 24.3 Å². The number of nitrogens with zero attached hydrogens (tertiary/aromatic N) is 2. The Morgan fingerprint density at radius 1 is 0.938 bits per heavy atom. The summed E-state index contributed by atoms with van der Waals surface area (Å²) in [6, 6.07) is 12.4. The molecule has 9 heteroatoms. The van der Waals surface area contributed by atoms with E-state index in [-0.39, 0.29) is 11.6 Å². The molecule has 2 aromatic carbocycles. The molecule has 0 bridgehead atoms. The molecule has 170 valence electrons. The third kappa shape index (κ3) is 6.57. The number of unbranched alkanes of at least 4 members (excludes halogenated alkanes) is 3. The lowest BCUT2D eigenvalue weighted by Gasteiger charge is -2.15. The number of hydrogen-bond donors (Lipinski definition) is 2. The van der Waals surface area contributed by atoms with Gasteiger partial charge in [0.1, 0.15) is 22.9 Å². The largest absolute Gasteiger partial charge is 0.494 e. The Morgan fingerprint density at radius 2 is 1.69 bits per heavy atom. The minimum absolute atomic E-state index is 0.0647. The van der Waals surface area contributed by atoms with Gasteiger partial charge in [0.05, 0.1) is 12.3 Å². The first kappa shape index (κ1) is 23.3. The smallest absolute Gasteiger partial charge is 0.421 e. The second-order valence-electron chi connectivity index (χ2n) is 7.12. The first-order chi connectivity index (χ1) is 15.4. The van der Waals surface area contributed by atoms with Gasteiger partial charge in [-0.3, -0.25) is 0 Å². The van der Waals surface area contributed by atoms with Crippen molar-refractivity contribution in [3.63, 3.8) is 0 Å². The Kier molecular flexibility index (Phi) is 7.86. The van der Waals surface area contributed by atoms with Crippen LogP contribution in [0.1, 0.15) is 38.2 Å². The van der Waals surface area contributed by atoms with E-state index >= 15 is 0 Å². The summed E-state index contributed by atoms with van der Waals surface area (Å²) in [6.45, 7) is 2.77. The number of rotatable bonds is 10. The summed E-state index contributed by atoms with van der Waals surface area (Å²) in [6.07, 6.45) is 0.376. The van der Waals surface area contributed by atoms with Crippen LogP contribution in [0.3, 0.4) is 0 Å². The number of nitrogens with one attached hydrogen (secondary N) is 2. The lowest BCUT2D eigenvalue weighted by molar-refractivity contribution is -0.137. The molecule has 0 aliphatic rings. The molecule has 0 aliphatic heterocycles. The molecule has 0 amide bonds. The molecule has 0 aliphatic carbocycles. The minimum atomic E-state index is -4.71. The van der Waals surface area contributed by atoms with Crippen LogP contribution in [0.5, 0.6) is 5.75 Å². The summed E-state index contributed by atoms with van der Waals surface area (Å²) < 4.78 is 59.7. The Hall–Kier alpha value is -3.36. The van der Waals surface area contributed by atoms with Crippen molar-refractivity contribution < 1.29 is 22.3 Å². The fraction of sp³-hybridized carbons (Fsp3) is 0.304. The van der Waals surface area contributed by atoms with E-state index in [2.05, 4.69) is 27.5 Å². The monoisotopic (exact) mass is 448 g/mol. The van der Waals surface area contributed by atoms with Crippen LogP contribution in [0, 0.1) is 5.82 Å². The van der Waals surface area contributed by atoms with Crippen molar-refractivity contribution in [3.05, 3.63) is 66.1 Å². The van der Waals surface area contributed by atoms with Gasteiger partial charge in [-0.2, -0.15) is 18.2 Å². The third-order valence-electron chi connectivity index (χ3n) is 4.60. The predicted octanol–water partition coefficient (Wildman–Crippen LogP) is 7.08. The maximum atomic E-state index is 13.9. The molecule has 1 heterocycles. The SMILES string of the molecule is CCCCCCOc1ccc(Nc2ncc(C(F)(F)F)c(Nc3ccccc3F)n2)cc1. The summed E-state index contributed by atoms with van der Waals surface area (Å²) in [5.74, 6) is -0.612. The molecule has 2 N–H and O–H groups in total. The van der Waals surface area contributed by atoms with Gasteiger partial charge in [0.25, 0.3) is 0 Å². The maximum Gasteiger partial charge on any atom is 0.421 e. The van der Waals surface area contributed by atoms with E-state index in [1.165, 1.54) is 24.6 Å². The van der Waals surface area contributed by atoms with E-state index in [4.69, 9.17) is 4.74 Å². The van der Waals surface area contributed by atoms with Crippen LogP contribution in [0.15, 0.2) is 54.7 Å². The van der Waals surface area contributed by atoms with Crippen LogP contribution in [0.2, 0.25) is 0 Å². The standard InChI is InChI=1S/C23H24F4N4O/c1-2-3-4-7-14-32-17-12-10-16(11-13-17)29-22-28-15-18(23(25,26)27)21(31-22)30-20-9-6-5-8-19(20)24/h5-6,8-13,15H,2-4,7,14H2,1H3,(H2,28,29,30,31). The summed E-state index contributed by atoms with van der Waals surface area (Å²) in [7, 11) is 0. The minimum Gasteiger partial charge on any atom is -0.494 e. The van der Waals surface area contributed by atoms with Crippen molar-refractivity contribution >= 4 is 23.1 Å². The molecule has 1 aromatic heterocycles. The van der Waals surface area contributed by atoms with Crippen molar-refractivity contribution in [2.24, 2.45) is 0 Å². The van der Waals surface area contributed by atoms with E-state index in [9.17, 15) is 17.6 Å². The normalized spacial score (nSPS) is 11.3. The van der Waals surface area contributed by atoms with Gasteiger partial charge >= 0.3 is 6.18 Å². The first-order valence-corrected chi connectivity index (χ1v) is 10.3. The Bertz CT molecular complexity index is 1010. The van der Waals surface area contributed by atoms with Crippen molar-refractivity contribution in [2.75, 3.05) is 17.2 Å². The molecular formula is C23H24F4N4O. The molecule has 5 nitrogen and oxygen atoms in total. The number of halogens is 4. The summed E-state index contributed by atoms with van der Waals surface area (Å²) >= 11 is 0. The Labute approximate surface area is 183 Å². The summed E-state index contributed by atoms with van der Waals surface area (Å²) in [4.78, 5) is 7.68. The average Bonchev–Trinajstić information content (AvgIpc) is 2.76. The van der Waals surface area contributed by atoms with Crippen LogP contribution >= 0.6 is 0 Å². The summed E-state index contributed by atoms with van der Waals surface area (Å²) in [5, 5.41) is 5.27. The molecule has 0 fully saturated rings. The first-order valence-electron chi connectivity index (χ1n) is 10.3. The molecule has 32 heavy (non-hydrogen) atoms. The Balaban J connectivity index is 1.72. The lowest BCUT2D eigenvalue weighted by Crippen LogP contribution is -2.13. The van der Waals surface area contributed by atoms with Gasteiger partial charge in [-0.25, -0.2) is 9.37 Å². The Morgan fingerprint density at radius 3 is 2.38 bits per heavy atom. The molecule has 0 spiro atoms. The number of para-hydroxylation sites is 1. The highest BCUT2D eigenvalue weighted by molar-refractivity contribution is 5.63. The van der Waals surface area contributed by atoms with Crippen LogP contribution < -0.4 is 15.4 Å². The zero-order valence-electron chi connectivity index (χ0n) is 17.5. The van der Waals surface area contributed by atoms with Gasteiger partial charge < -0.3 is 15.4 Å². The molecule has 3 rings (SSSR count). The molecule has 3 aromatic rings. The second-order valence-corrected chi connectivity index (χ2v) is 7.12. The van der Waals surface area contributed by atoms with Crippen molar-refractivity contribution in [3.8, 4) is 5.75 Å². The van der Waals surface area contributed by atoms with Gasteiger partial charge in [-0.15, -0.1) is 0 Å². The zero-order valence-corrected chi connectivity index (χ0v) is 17.5. The predicted molar refractivity (Wildman–Crippen MR) is 116 cm³/mol. The highest BCUT2D eigenvalue weighted by Crippen LogP contribution is 2.35. The molecule has 0 saturated heterocycles. The number of ether oxygens (including phenoxy) is 1. The van der Waals surface area contributed by atoms with E-state index < -0.39 is 23.4 Å². The van der Waals surface area contributed by atoms with E-state index in [1.807, 2.05) is 0 Å². The molecular weight excluding hydrogens is 424 g/mol. The van der Waals surface area contributed by atoms with Crippen LogP contribution in [0.25, 0.3) is 0 Å². The highest BCUT2D eigenvalue weighted by atomic mass is 19.4. The van der Waals surface area contributed by atoms with Crippen molar-refractivity contribution in [1.29, 1.82) is 0 Å². The number of benzene rings is 2. The molecule has 0 saturated carbocycles. The van der Waals surface area contributed by atoms with Gasteiger partial charge in [0.15, 0.2) is 0 Å². The molecule has 0 unspecified atom stereocenters. The fourth-order valence-corrected chi connectivity index (χ4v) is 2.92. The quantitative estimate of drug-likeness (QED) is 0.256. The maximum absolute atomic E-state index is 13.9. The average molecular weight is 448 g/mol. The number of alkyl halides is 3. The van der Waals surface area contributed by atoms with Gasteiger partial charge in [-0.1, -0.05) is 38.3 Å². The number of hydrogen-bond acceptors (Lipinski definition) is 5. The number of anilines is 4. The van der Waals surface area contributed by atoms with Gasteiger partial charge in [0.2, 0.25) is 5.95 Å². The molecule has 0 radical (unpaired) electrons. The summed E-state index contributed by atoms with van der Waals surface area (Å²) in [5.41, 5.74) is -0.652. The zero-order chi connectivity index (χ0) is 23.0. The molecule has 0 atom stereocenters. The van der Waals surface area contributed by atoms with Crippen molar-refractivity contribution in [1.82, 2.24) is 9.97 Å². The number of aromatic nitrogens is 2. The highest BCUT2D eigenvalue weighted by Gasteiger charge is 2.35. The van der Waals surface area contributed by atoms with E-state index in [0.29, 0.717) is 24.2 Å². The topological polar surface area (TPSA) is 59.1 Å². The fourth-order valence-electron chi connectivity index (χ4n) is 2.92. The van der Waals surface area contributed by atoms with Gasteiger partial charge in [-0.05, 0) is 42.8 Å². The lowest BCUT2D eigenvalue weighted by atomic mass is 10.2. The van der Waals surface area contributed by atoms with E-state index in [0.717, 1.165) is 25.3 Å². The van der Waals surface area contributed by atoms with Crippen molar-refractivity contribution in [2.45, 2.75) is 38.8 Å². The van der Waals surface area contributed by atoms with Gasteiger partial charge in [0, 0.05) is 11.9 Å². The van der Waals surface area contributed by atoms with Crippen LogP contribution in [-0.4, -0.2) is 16.6 Å². The van der Waals surface area contributed by atoms with Crippen LogP contribution in [-0.2, 0) is 6.18 Å². The second kappa shape index (κ2) is 10.8. The van der Waals surface area contributed by atoms with Crippen LogP contribution in [0.4, 0.5) is 40.7 Å².